The summed E-state index contributed by atoms with van der Waals surface area (Å²) in [4.78, 5) is 0. The van der Waals surface area contributed by atoms with Crippen LogP contribution in [0.3, 0.4) is 0 Å². The van der Waals surface area contributed by atoms with Gasteiger partial charge in [0, 0.05) is 0 Å². The summed E-state index contributed by atoms with van der Waals surface area (Å²) in [5.74, 6) is 1.31. The Balaban J connectivity index is 0.00000121. The van der Waals surface area contributed by atoms with Gasteiger partial charge in [-0.15, -0.1) is 0 Å². The maximum absolute atomic E-state index is 13.7. The number of hydrogen-bond acceptors (Lipinski definition) is 1. The van der Waals surface area contributed by atoms with Crippen LogP contribution in [0.15, 0.2) is 55.2 Å². The highest BCUT2D eigenvalue weighted by atomic mass is 19.1. The van der Waals surface area contributed by atoms with Crippen molar-refractivity contribution in [1.82, 2.24) is 0 Å². The van der Waals surface area contributed by atoms with Gasteiger partial charge in [-0.3, -0.25) is 0 Å². The molecular weight excluding hydrogens is 393 g/mol. The summed E-state index contributed by atoms with van der Waals surface area (Å²) >= 11 is 0. The van der Waals surface area contributed by atoms with E-state index in [2.05, 4.69) is 72.1 Å². The van der Waals surface area contributed by atoms with Crippen molar-refractivity contribution in [1.29, 1.82) is 0 Å². The second kappa shape index (κ2) is 18.5. The van der Waals surface area contributed by atoms with E-state index in [0.717, 1.165) is 36.7 Å². The third-order valence-corrected chi connectivity index (χ3v) is 5.94. The number of rotatable bonds is 10. The number of halogens is 1. The first kappa shape index (κ1) is 29.9. The van der Waals surface area contributed by atoms with E-state index in [1.807, 2.05) is 12.1 Å². The largest absolute Gasteiger partial charge is 0.405 e. The Kier molecular flexibility index (Phi) is 17.3. The fourth-order valence-electron chi connectivity index (χ4n) is 3.76. The van der Waals surface area contributed by atoms with Crippen molar-refractivity contribution in [3.8, 4) is 11.1 Å². The molecule has 2 aromatic rings. The zero-order valence-corrected chi connectivity index (χ0v) is 21.6. The van der Waals surface area contributed by atoms with Crippen molar-refractivity contribution >= 4 is 0 Å². The maximum atomic E-state index is 13.7. The SMILES string of the molecule is C=CN.CCCC.CCCc1ccc(CC(CCC)C(C)CC)cc1-c1cccc(F)c1. The van der Waals surface area contributed by atoms with Gasteiger partial charge >= 0.3 is 0 Å². The Morgan fingerprint density at radius 2 is 1.59 bits per heavy atom. The van der Waals surface area contributed by atoms with Gasteiger partial charge in [0.1, 0.15) is 5.82 Å². The lowest BCUT2D eigenvalue weighted by atomic mass is 9.82. The molecule has 0 fully saturated rings. The molecule has 0 bridgehead atoms. The highest BCUT2D eigenvalue weighted by Crippen LogP contribution is 2.30. The van der Waals surface area contributed by atoms with Crippen LogP contribution in [-0.4, -0.2) is 0 Å². The van der Waals surface area contributed by atoms with E-state index in [0.29, 0.717) is 0 Å². The number of benzene rings is 2. The van der Waals surface area contributed by atoms with Gasteiger partial charge in [0.15, 0.2) is 0 Å². The van der Waals surface area contributed by atoms with Crippen LogP contribution in [0, 0.1) is 17.7 Å². The predicted molar refractivity (Wildman–Crippen MR) is 142 cm³/mol. The standard InChI is InChI=1S/C24H33F.C4H10.C2H5N/c1-5-9-20-14-13-19(15-21(10-6-2)18(4)7-3)16-24(20)22-11-8-12-23(25)17-22;1-3-4-2;1-2-3/h8,11-14,16-18,21H,5-7,9-10,15H2,1-4H3;3-4H2,1-2H3;2H,1,3H2. The molecule has 0 aliphatic rings. The van der Waals surface area contributed by atoms with Gasteiger partial charge in [-0.05, 0) is 65.3 Å². The Morgan fingerprint density at radius 3 is 2.09 bits per heavy atom. The molecule has 0 aromatic heterocycles. The lowest BCUT2D eigenvalue weighted by Crippen LogP contribution is -2.14. The molecule has 0 radical (unpaired) electrons. The van der Waals surface area contributed by atoms with Crippen LogP contribution in [0.1, 0.15) is 91.2 Å². The van der Waals surface area contributed by atoms with Crippen LogP contribution in [0.25, 0.3) is 11.1 Å². The summed E-state index contributed by atoms with van der Waals surface area (Å²) in [6.45, 7) is 16.6. The van der Waals surface area contributed by atoms with E-state index in [-0.39, 0.29) is 5.82 Å². The molecule has 0 spiro atoms. The van der Waals surface area contributed by atoms with E-state index in [4.69, 9.17) is 0 Å². The van der Waals surface area contributed by atoms with Crippen molar-refractivity contribution in [2.75, 3.05) is 0 Å². The lowest BCUT2D eigenvalue weighted by Gasteiger charge is -2.23. The molecule has 2 rings (SSSR count). The Labute approximate surface area is 198 Å². The van der Waals surface area contributed by atoms with Crippen LogP contribution in [0.5, 0.6) is 0 Å². The summed E-state index contributed by atoms with van der Waals surface area (Å²) in [6.07, 6.45) is 10.9. The van der Waals surface area contributed by atoms with E-state index in [9.17, 15) is 4.39 Å². The second-order valence-corrected chi connectivity index (χ2v) is 8.63. The molecule has 0 amide bonds. The quantitative estimate of drug-likeness (QED) is 0.390. The molecule has 0 saturated carbocycles. The normalized spacial score (nSPS) is 12.0. The van der Waals surface area contributed by atoms with Crippen LogP contribution in [-0.2, 0) is 12.8 Å². The first-order valence-electron chi connectivity index (χ1n) is 12.6. The summed E-state index contributed by atoms with van der Waals surface area (Å²) in [7, 11) is 0. The Bertz CT molecular complexity index is 735. The van der Waals surface area contributed by atoms with Crippen LogP contribution in [0.2, 0.25) is 0 Å². The van der Waals surface area contributed by atoms with Gasteiger partial charge < -0.3 is 5.73 Å². The summed E-state index contributed by atoms with van der Waals surface area (Å²) in [6, 6.07) is 13.9. The molecule has 1 nitrogen and oxygen atoms in total. The van der Waals surface area contributed by atoms with Crippen molar-refractivity contribution in [3.05, 3.63) is 72.2 Å². The molecule has 2 atom stereocenters. The lowest BCUT2D eigenvalue weighted by molar-refractivity contribution is 0.322. The van der Waals surface area contributed by atoms with E-state index in [1.54, 1.807) is 6.07 Å². The Hall–Kier alpha value is -2.09. The molecule has 0 aliphatic heterocycles. The molecule has 0 saturated heterocycles. The number of hydrogen-bond donors (Lipinski definition) is 1. The van der Waals surface area contributed by atoms with Crippen LogP contribution < -0.4 is 5.73 Å². The minimum Gasteiger partial charge on any atom is -0.405 e. The highest BCUT2D eigenvalue weighted by Gasteiger charge is 2.16. The molecule has 0 aliphatic carbocycles. The summed E-state index contributed by atoms with van der Waals surface area (Å²) < 4.78 is 13.7. The second-order valence-electron chi connectivity index (χ2n) is 8.63. The van der Waals surface area contributed by atoms with E-state index >= 15 is 0 Å². The highest BCUT2D eigenvalue weighted by molar-refractivity contribution is 5.68. The van der Waals surface area contributed by atoms with Gasteiger partial charge in [0.25, 0.3) is 0 Å². The third-order valence-electron chi connectivity index (χ3n) is 5.94. The minimum absolute atomic E-state index is 0.159. The summed E-state index contributed by atoms with van der Waals surface area (Å²) in [5.41, 5.74) is 9.53. The zero-order valence-electron chi connectivity index (χ0n) is 21.6. The predicted octanol–water partition coefficient (Wildman–Crippen LogP) is 9.35. The molecule has 32 heavy (non-hydrogen) atoms. The topological polar surface area (TPSA) is 26.0 Å². The molecule has 2 aromatic carbocycles. The smallest absolute Gasteiger partial charge is 0.123 e. The molecule has 0 heterocycles. The fourth-order valence-corrected chi connectivity index (χ4v) is 3.76. The van der Waals surface area contributed by atoms with Crippen molar-refractivity contribution in [2.24, 2.45) is 17.6 Å². The Morgan fingerprint density at radius 1 is 0.938 bits per heavy atom. The van der Waals surface area contributed by atoms with Gasteiger partial charge in [0.2, 0.25) is 0 Å². The number of aryl methyl sites for hydroxylation is 1. The zero-order chi connectivity index (χ0) is 24.4. The number of unbranched alkanes of at least 4 members (excludes halogenated alkanes) is 1. The first-order chi connectivity index (χ1) is 15.4. The van der Waals surface area contributed by atoms with Gasteiger partial charge in [-0.1, -0.05) is 117 Å². The van der Waals surface area contributed by atoms with Crippen LogP contribution >= 0.6 is 0 Å². The van der Waals surface area contributed by atoms with Gasteiger partial charge in [-0.25, -0.2) is 4.39 Å². The van der Waals surface area contributed by atoms with Crippen molar-refractivity contribution in [2.45, 2.75) is 92.9 Å². The third kappa shape index (κ3) is 11.5. The fraction of sp³-hybridized carbons (Fsp3) is 0.533. The van der Waals surface area contributed by atoms with Gasteiger partial charge in [0.05, 0.1) is 0 Å². The van der Waals surface area contributed by atoms with Crippen molar-refractivity contribution in [3.63, 3.8) is 0 Å². The average molecular weight is 442 g/mol. The number of nitrogens with two attached hydrogens (primary N) is 1. The van der Waals surface area contributed by atoms with Crippen molar-refractivity contribution < 1.29 is 4.39 Å². The van der Waals surface area contributed by atoms with Gasteiger partial charge in [-0.2, -0.15) is 0 Å². The van der Waals surface area contributed by atoms with E-state index in [1.165, 1.54) is 61.1 Å². The van der Waals surface area contributed by atoms with E-state index < -0.39 is 0 Å². The molecular formula is C30H48FN. The average Bonchev–Trinajstić information content (AvgIpc) is 2.80. The molecule has 180 valence electrons. The molecule has 2 unspecified atom stereocenters. The monoisotopic (exact) mass is 441 g/mol. The first-order valence-corrected chi connectivity index (χ1v) is 12.6. The maximum Gasteiger partial charge on any atom is 0.123 e. The van der Waals surface area contributed by atoms with Crippen LogP contribution in [0.4, 0.5) is 4.39 Å². The molecule has 2 N–H and O–H groups in total. The minimum atomic E-state index is -0.159. The summed E-state index contributed by atoms with van der Waals surface area (Å²) in [5, 5.41) is 0. The molecule has 2 heteroatoms.